The highest BCUT2D eigenvalue weighted by molar-refractivity contribution is 6.33. The fourth-order valence-electron chi connectivity index (χ4n) is 2.56. The summed E-state index contributed by atoms with van der Waals surface area (Å²) in [7, 11) is 0. The molecule has 1 unspecified atom stereocenters. The van der Waals surface area contributed by atoms with Gasteiger partial charge in [-0.25, -0.2) is 0 Å². The first kappa shape index (κ1) is 12.7. The molecule has 1 atom stereocenters. The van der Waals surface area contributed by atoms with Gasteiger partial charge in [0.15, 0.2) is 0 Å². The molecule has 17 heavy (non-hydrogen) atoms. The van der Waals surface area contributed by atoms with E-state index in [4.69, 9.17) is 17.3 Å². The van der Waals surface area contributed by atoms with Gasteiger partial charge in [-0.3, -0.25) is 0 Å². The average molecular weight is 253 g/mol. The van der Waals surface area contributed by atoms with Crippen LogP contribution in [0.25, 0.3) is 0 Å². The summed E-state index contributed by atoms with van der Waals surface area (Å²) < 4.78 is 0. The average Bonchev–Trinajstić information content (AvgIpc) is 2.31. The third kappa shape index (κ3) is 2.93. The van der Waals surface area contributed by atoms with E-state index in [2.05, 4.69) is 30.0 Å². The fourth-order valence-corrected chi connectivity index (χ4v) is 2.87. The van der Waals surface area contributed by atoms with E-state index < -0.39 is 0 Å². The van der Waals surface area contributed by atoms with Gasteiger partial charge < -0.3 is 10.6 Å². The number of rotatable bonds is 3. The molecule has 1 fully saturated rings. The van der Waals surface area contributed by atoms with Gasteiger partial charge in [-0.1, -0.05) is 17.7 Å². The number of nitrogens with two attached hydrogens (primary N) is 1. The zero-order valence-corrected chi connectivity index (χ0v) is 11.2. The van der Waals surface area contributed by atoms with Crippen LogP contribution < -0.4 is 10.6 Å². The highest BCUT2D eigenvalue weighted by Gasteiger charge is 2.20. The Balaban J connectivity index is 2.20. The van der Waals surface area contributed by atoms with Crippen molar-refractivity contribution in [2.45, 2.75) is 38.6 Å². The van der Waals surface area contributed by atoms with Crippen molar-refractivity contribution in [3.8, 4) is 0 Å². The maximum Gasteiger partial charge on any atom is 0.0642 e. The van der Waals surface area contributed by atoms with Crippen LogP contribution >= 0.6 is 11.6 Å². The van der Waals surface area contributed by atoms with Crippen LogP contribution in [0.15, 0.2) is 18.2 Å². The van der Waals surface area contributed by atoms with Crippen molar-refractivity contribution in [2.24, 2.45) is 5.73 Å². The van der Waals surface area contributed by atoms with Crippen molar-refractivity contribution in [3.63, 3.8) is 0 Å². The highest BCUT2D eigenvalue weighted by atomic mass is 35.5. The summed E-state index contributed by atoms with van der Waals surface area (Å²) in [6.07, 6.45) is 4.77. The summed E-state index contributed by atoms with van der Waals surface area (Å²) in [6, 6.07) is 6.96. The van der Waals surface area contributed by atoms with Crippen LogP contribution in [0.5, 0.6) is 0 Å². The van der Waals surface area contributed by atoms with Gasteiger partial charge in [-0.2, -0.15) is 0 Å². The van der Waals surface area contributed by atoms with Crippen LogP contribution in [-0.2, 0) is 6.42 Å². The number of hydrogen-bond acceptors (Lipinski definition) is 2. The lowest BCUT2D eigenvalue weighted by molar-refractivity contribution is 0.485. The smallest absolute Gasteiger partial charge is 0.0642 e. The molecule has 0 aromatic heterocycles. The van der Waals surface area contributed by atoms with Crippen LogP contribution in [0.2, 0.25) is 5.02 Å². The second-order valence-corrected chi connectivity index (χ2v) is 5.27. The van der Waals surface area contributed by atoms with E-state index in [0.29, 0.717) is 12.6 Å². The van der Waals surface area contributed by atoms with E-state index >= 15 is 0 Å². The van der Waals surface area contributed by atoms with Crippen LogP contribution in [-0.4, -0.2) is 19.1 Å². The Morgan fingerprint density at radius 3 is 2.88 bits per heavy atom. The Kier molecular flexibility index (Phi) is 4.30. The minimum absolute atomic E-state index is 0.599. The van der Waals surface area contributed by atoms with Gasteiger partial charge in [0, 0.05) is 12.6 Å². The van der Waals surface area contributed by atoms with Gasteiger partial charge in [-0.15, -0.1) is 0 Å². The molecule has 2 N–H and O–H groups in total. The molecule has 0 spiro atoms. The number of halogens is 1. The van der Waals surface area contributed by atoms with E-state index in [1.807, 2.05) is 0 Å². The molecule has 3 heteroatoms. The van der Waals surface area contributed by atoms with Gasteiger partial charge in [-0.05, 0) is 56.8 Å². The summed E-state index contributed by atoms with van der Waals surface area (Å²) in [5.41, 5.74) is 7.97. The zero-order chi connectivity index (χ0) is 12.3. The number of hydrogen-bond donors (Lipinski definition) is 1. The molecule has 0 aliphatic carbocycles. The normalized spacial score (nSPS) is 20.6. The van der Waals surface area contributed by atoms with Gasteiger partial charge in [0.2, 0.25) is 0 Å². The molecule has 1 aliphatic heterocycles. The zero-order valence-electron chi connectivity index (χ0n) is 10.5. The minimum atomic E-state index is 0.599. The second-order valence-electron chi connectivity index (χ2n) is 4.86. The van der Waals surface area contributed by atoms with Crippen molar-refractivity contribution < 1.29 is 0 Å². The predicted octanol–water partition coefficient (Wildman–Crippen LogP) is 3.22. The number of nitrogens with zero attached hydrogens (tertiary/aromatic N) is 1. The van der Waals surface area contributed by atoms with E-state index in [-0.39, 0.29) is 0 Å². The molecule has 0 bridgehead atoms. The van der Waals surface area contributed by atoms with Crippen LogP contribution in [0.1, 0.15) is 31.7 Å². The highest BCUT2D eigenvalue weighted by Crippen LogP contribution is 2.31. The third-order valence-corrected chi connectivity index (χ3v) is 3.86. The molecular formula is C14H21ClN2. The lowest BCUT2D eigenvalue weighted by Gasteiger charge is -2.36. The molecule has 1 aromatic carbocycles. The van der Waals surface area contributed by atoms with Gasteiger partial charge >= 0.3 is 0 Å². The largest absolute Gasteiger partial charge is 0.368 e. The molecule has 1 aliphatic rings. The fraction of sp³-hybridized carbons (Fsp3) is 0.571. The van der Waals surface area contributed by atoms with Gasteiger partial charge in [0.05, 0.1) is 10.7 Å². The first-order chi connectivity index (χ1) is 8.22. The van der Waals surface area contributed by atoms with E-state index in [1.54, 1.807) is 0 Å². The van der Waals surface area contributed by atoms with Crippen molar-refractivity contribution in [1.29, 1.82) is 0 Å². The van der Waals surface area contributed by atoms with Crippen molar-refractivity contribution in [2.75, 3.05) is 18.0 Å². The summed E-state index contributed by atoms with van der Waals surface area (Å²) >= 11 is 6.38. The van der Waals surface area contributed by atoms with E-state index in [0.717, 1.165) is 18.0 Å². The maximum atomic E-state index is 6.38. The van der Waals surface area contributed by atoms with Crippen molar-refractivity contribution in [3.05, 3.63) is 28.8 Å². The van der Waals surface area contributed by atoms with E-state index in [9.17, 15) is 0 Å². The topological polar surface area (TPSA) is 29.3 Å². The second kappa shape index (κ2) is 5.74. The summed E-state index contributed by atoms with van der Waals surface area (Å²) in [5.74, 6) is 0. The molecule has 0 saturated carbocycles. The Hall–Kier alpha value is -0.730. The molecule has 94 valence electrons. The standard InChI is InChI=1S/C14H21ClN2/c1-11-4-2-3-9-17(11)14-6-5-12(7-8-16)10-13(14)15/h5-6,10-11H,2-4,7-9,16H2,1H3. The van der Waals surface area contributed by atoms with Gasteiger partial charge in [0.1, 0.15) is 0 Å². The van der Waals surface area contributed by atoms with Crippen molar-refractivity contribution >= 4 is 17.3 Å². The quantitative estimate of drug-likeness (QED) is 0.895. The summed E-state index contributed by atoms with van der Waals surface area (Å²) in [5, 5.41) is 0.865. The molecule has 2 nitrogen and oxygen atoms in total. The Morgan fingerprint density at radius 1 is 1.41 bits per heavy atom. The lowest BCUT2D eigenvalue weighted by atomic mass is 10.0. The maximum absolute atomic E-state index is 6.38. The number of piperidine rings is 1. The molecule has 2 rings (SSSR count). The summed E-state index contributed by atoms with van der Waals surface area (Å²) in [6.45, 7) is 4.08. The predicted molar refractivity (Wildman–Crippen MR) is 74.9 cm³/mol. The monoisotopic (exact) mass is 252 g/mol. The molecule has 1 heterocycles. The van der Waals surface area contributed by atoms with Crippen LogP contribution in [0, 0.1) is 0 Å². The molecule has 1 saturated heterocycles. The minimum Gasteiger partial charge on any atom is -0.368 e. The number of benzene rings is 1. The van der Waals surface area contributed by atoms with Crippen LogP contribution in [0.3, 0.4) is 0 Å². The molecule has 1 aromatic rings. The first-order valence-electron chi connectivity index (χ1n) is 6.47. The lowest BCUT2D eigenvalue weighted by Crippen LogP contribution is -2.37. The SMILES string of the molecule is CC1CCCCN1c1ccc(CCN)cc1Cl. The Morgan fingerprint density at radius 2 is 2.24 bits per heavy atom. The van der Waals surface area contributed by atoms with E-state index in [1.165, 1.54) is 30.5 Å². The molecule has 0 amide bonds. The Labute approximate surface area is 109 Å². The van der Waals surface area contributed by atoms with Gasteiger partial charge in [0.25, 0.3) is 0 Å². The van der Waals surface area contributed by atoms with Crippen molar-refractivity contribution in [1.82, 2.24) is 0 Å². The summed E-state index contributed by atoms with van der Waals surface area (Å²) in [4.78, 5) is 2.43. The number of anilines is 1. The molecule has 0 radical (unpaired) electrons. The molecular weight excluding hydrogens is 232 g/mol. The van der Waals surface area contributed by atoms with Crippen LogP contribution in [0.4, 0.5) is 5.69 Å². The first-order valence-corrected chi connectivity index (χ1v) is 6.85. The Bertz CT molecular complexity index is 378. The third-order valence-electron chi connectivity index (χ3n) is 3.56.